The number of hydrogen-bond acceptors (Lipinski definition) is 4. The Kier molecular flexibility index (Phi) is 4.85. The second-order valence-electron chi connectivity index (χ2n) is 7.65. The van der Waals surface area contributed by atoms with Gasteiger partial charge in [-0.15, -0.1) is 0 Å². The zero-order valence-electron chi connectivity index (χ0n) is 16.5. The van der Waals surface area contributed by atoms with E-state index in [2.05, 4.69) is 45.6 Å². The molecule has 3 aromatic carbocycles. The van der Waals surface area contributed by atoms with E-state index in [1.54, 1.807) is 6.20 Å². The van der Waals surface area contributed by atoms with Crippen molar-refractivity contribution in [1.29, 1.82) is 0 Å². The Morgan fingerprint density at radius 3 is 2.53 bits per heavy atom. The molecule has 1 N–H and O–H groups in total. The molecule has 5 heteroatoms. The minimum Gasteiger partial charge on any atom is -0.354 e. The van der Waals surface area contributed by atoms with Gasteiger partial charge < -0.3 is 10.2 Å². The summed E-state index contributed by atoms with van der Waals surface area (Å²) in [6.07, 6.45) is 1.78. The minimum atomic E-state index is 0.0985. The molecule has 1 aromatic heterocycles. The summed E-state index contributed by atoms with van der Waals surface area (Å²) < 4.78 is 0. The van der Waals surface area contributed by atoms with Crippen molar-refractivity contribution in [1.82, 2.24) is 14.9 Å². The topological polar surface area (TPSA) is 58.1 Å². The molecule has 4 aromatic rings. The Morgan fingerprint density at radius 1 is 0.933 bits per heavy atom. The summed E-state index contributed by atoms with van der Waals surface area (Å²) in [4.78, 5) is 23.3. The van der Waals surface area contributed by atoms with E-state index in [1.807, 2.05) is 53.4 Å². The third-order valence-corrected chi connectivity index (χ3v) is 5.51. The number of likely N-dealkylation sites (tertiary alicyclic amines) is 1. The summed E-state index contributed by atoms with van der Waals surface area (Å²) >= 11 is 0. The monoisotopic (exact) mass is 394 g/mol. The van der Waals surface area contributed by atoms with Gasteiger partial charge in [0.15, 0.2) is 0 Å². The van der Waals surface area contributed by atoms with Gasteiger partial charge in [-0.25, -0.2) is 9.97 Å². The molecule has 0 bridgehead atoms. The third-order valence-electron chi connectivity index (χ3n) is 5.51. The Bertz CT molecular complexity index is 1190. The molecular weight excluding hydrogens is 372 g/mol. The molecule has 1 amide bonds. The van der Waals surface area contributed by atoms with Crippen LogP contribution in [0.25, 0.3) is 22.0 Å². The zero-order valence-corrected chi connectivity index (χ0v) is 16.5. The van der Waals surface area contributed by atoms with E-state index < -0.39 is 0 Å². The van der Waals surface area contributed by atoms with Gasteiger partial charge in [-0.3, -0.25) is 4.79 Å². The highest BCUT2D eigenvalue weighted by Gasteiger charge is 2.30. The largest absolute Gasteiger partial charge is 0.354 e. The fourth-order valence-electron chi connectivity index (χ4n) is 3.82. The van der Waals surface area contributed by atoms with Gasteiger partial charge in [0.25, 0.3) is 5.91 Å². The fourth-order valence-corrected chi connectivity index (χ4v) is 3.82. The SMILES string of the molecule is O=C(c1ccccc1)N1CC(CNc2nccc(-c3ccc4ccccc4c3)n2)C1. The highest BCUT2D eigenvalue weighted by Crippen LogP contribution is 2.24. The molecule has 30 heavy (non-hydrogen) atoms. The number of hydrogen-bond donors (Lipinski definition) is 1. The molecule has 1 saturated heterocycles. The average Bonchev–Trinajstić information content (AvgIpc) is 2.78. The number of nitrogens with one attached hydrogen (secondary N) is 1. The third kappa shape index (κ3) is 3.74. The smallest absolute Gasteiger partial charge is 0.253 e. The Labute approximate surface area is 175 Å². The number of rotatable bonds is 5. The molecule has 0 saturated carbocycles. The van der Waals surface area contributed by atoms with Gasteiger partial charge in [0, 0.05) is 42.9 Å². The summed E-state index contributed by atoms with van der Waals surface area (Å²) in [6, 6.07) is 26.0. The van der Waals surface area contributed by atoms with Gasteiger partial charge in [0.05, 0.1) is 5.69 Å². The van der Waals surface area contributed by atoms with Crippen molar-refractivity contribution >= 4 is 22.6 Å². The molecule has 5 rings (SSSR count). The van der Waals surface area contributed by atoms with Gasteiger partial charge >= 0.3 is 0 Å². The van der Waals surface area contributed by atoms with E-state index in [0.29, 0.717) is 11.9 Å². The molecule has 0 atom stereocenters. The van der Waals surface area contributed by atoms with E-state index in [1.165, 1.54) is 10.8 Å². The van der Waals surface area contributed by atoms with Crippen LogP contribution in [-0.4, -0.2) is 40.4 Å². The van der Waals surface area contributed by atoms with Crippen LogP contribution < -0.4 is 5.32 Å². The molecule has 0 aliphatic carbocycles. The maximum atomic E-state index is 12.4. The molecule has 0 unspecified atom stereocenters. The maximum absolute atomic E-state index is 12.4. The molecule has 2 heterocycles. The molecule has 148 valence electrons. The Morgan fingerprint density at radius 2 is 1.70 bits per heavy atom. The van der Waals surface area contributed by atoms with Crippen molar-refractivity contribution in [2.45, 2.75) is 0 Å². The first kappa shape index (κ1) is 18.3. The first-order valence-electron chi connectivity index (χ1n) is 10.2. The van der Waals surface area contributed by atoms with Crippen LogP contribution in [0.4, 0.5) is 5.95 Å². The highest BCUT2D eigenvalue weighted by molar-refractivity contribution is 5.94. The standard InChI is InChI=1S/C25H22N4O/c30-24(20-7-2-1-3-8-20)29-16-18(17-29)15-27-25-26-13-12-23(28-25)22-11-10-19-6-4-5-9-21(19)14-22/h1-14,18H,15-17H2,(H,26,27,28). The fraction of sp³-hybridized carbons (Fsp3) is 0.160. The molecule has 1 aliphatic heterocycles. The van der Waals surface area contributed by atoms with E-state index in [4.69, 9.17) is 0 Å². The number of fused-ring (bicyclic) bond motifs is 1. The molecule has 5 nitrogen and oxygen atoms in total. The lowest BCUT2D eigenvalue weighted by molar-refractivity contribution is 0.0521. The van der Waals surface area contributed by atoms with Crippen LogP contribution in [0.1, 0.15) is 10.4 Å². The van der Waals surface area contributed by atoms with Crippen LogP contribution in [0.5, 0.6) is 0 Å². The van der Waals surface area contributed by atoms with Crippen molar-refractivity contribution in [2.24, 2.45) is 5.92 Å². The van der Waals surface area contributed by atoms with E-state index in [-0.39, 0.29) is 5.91 Å². The van der Waals surface area contributed by atoms with Gasteiger partial charge in [-0.05, 0) is 35.0 Å². The van der Waals surface area contributed by atoms with Gasteiger partial charge in [-0.1, -0.05) is 54.6 Å². The number of aromatic nitrogens is 2. The summed E-state index contributed by atoms with van der Waals surface area (Å²) in [7, 11) is 0. The number of carbonyl (C=O) groups is 1. The normalized spacial score (nSPS) is 13.8. The van der Waals surface area contributed by atoms with Crippen LogP contribution in [0.3, 0.4) is 0 Å². The van der Waals surface area contributed by atoms with E-state index in [0.717, 1.165) is 36.5 Å². The minimum absolute atomic E-state index is 0.0985. The van der Waals surface area contributed by atoms with Gasteiger partial charge in [-0.2, -0.15) is 0 Å². The highest BCUT2D eigenvalue weighted by atomic mass is 16.2. The number of nitrogens with zero attached hydrogens (tertiary/aromatic N) is 3. The first-order valence-corrected chi connectivity index (χ1v) is 10.2. The van der Waals surface area contributed by atoms with Crippen LogP contribution in [0.15, 0.2) is 85.1 Å². The molecule has 1 aliphatic rings. The van der Waals surface area contributed by atoms with Crippen molar-refractivity contribution in [3.05, 3.63) is 90.6 Å². The van der Waals surface area contributed by atoms with Crippen molar-refractivity contribution < 1.29 is 4.79 Å². The number of benzene rings is 3. The predicted molar refractivity (Wildman–Crippen MR) is 119 cm³/mol. The maximum Gasteiger partial charge on any atom is 0.253 e. The number of carbonyl (C=O) groups excluding carboxylic acids is 1. The zero-order chi connectivity index (χ0) is 20.3. The molecule has 0 spiro atoms. The quantitative estimate of drug-likeness (QED) is 0.542. The summed E-state index contributed by atoms with van der Waals surface area (Å²) in [6.45, 7) is 2.26. The van der Waals surface area contributed by atoms with Crippen molar-refractivity contribution in [2.75, 3.05) is 25.0 Å². The summed E-state index contributed by atoms with van der Waals surface area (Å²) in [5, 5.41) is 5.74. The van der Waals surface area contributed by atoms with Crippen LogP contribution in [-0.2, 0) is 0 Å². The summed E-state index contributed by atoms with van der Waals surface area (Å²) in [5.41, 5.74) is 2.71. The lowest BCUT2D eigenvalue weighted by atomic mass is 9.99. The van der Waals surface area contributed by atoms with Crippen LogP contribution >= 0.6 is 0 Å². The van der Waals surface area contributed by atoms with Gasteiger partial charge in [0.1, 0.15) is 0 Å². The lowest BCUT2D eigenvalue weighted by Crippen LogP contribution is -2.52. The van der Waals surface area contributed by atoms with E-state index >= 15 is 0 Å². The average molecular weight is 394 g/mol. The van der Waals surface area contributed by atoms with E-state index in [9.17, 15) is 4.79 Å². The Hall–Kier alpha value is -3.73. The second kappa shape index (κ2) is 7.95. The van der Waals surface area contributed by atoms with Crippen molar-refractivity contribution in [3.63, 3.8) is 0 Å². The predicted octanol–water partition coefficient (Wildman–Crippen LogP) is 4.48. The Balaban J connectivity index is 1.20. The molecular formula is C25H22N4O. The molecule has 0 radical (unpaired) electrons. The van der Waals surface area contributed by atoms with Gasteiger partial charge in [0.2, 0.25) is 5.95 Å². The summed E-state index contributed by atoms with van der Waals surface area (Å²) in [5.74, 6) is 1.13. The van der Waals surface area contributed by atoms with Crippen molar-refractivity contribution in [3.8, 4) is 11.3 Å². The number of anilines is 1. The van der Waals surface area contributed by atoms with Crippen LogP contribution in [0.2, 0.25) is 0 Å². The first-order chi connectivity index (χ1) is 14.8. The molecule has 1 fully saturated rings. The second-order valence-corrected chi connectivity index (χ2v) is 7.65. The van der Waals surface area contributed by atoms with Crippen LogP contribution in [0, 0.1) is 5.92 Å². The number of amides is 1. The lowest BCUT2D eigenvalue weighted by Gasteiger charge is -2.39.